The second-order valence-corrected chi connectivity index (χ2v) is 8.34. The van der Waals surface area contributed by atoms with Crippen LogP contribution >= 0.6 is 11.6 Å². The van der Waals surface area contributed by atoms with E-state index in [9.17, 15) is 14.4 Å². The summed E-state index contributed by atoms with van der Waals surface area (Å²) in [6.07, 6.45) is 1.98. The molecule has 0 aromatic heterocycles. The third kappa shape index (κ3) is 6.17. The lowest BCUT2D eigenvalue weighted by Crippen LogP contribution is -2.42. The Balaban J connectivity index is 1.58. The average molecular weight is 459 g/mol. The van der Waals surface area contributed by atoms with Crippen LogP contribution in [0.15, 0.2) is 48.5 Å². The second kappa shape index (κ2) is 11.2. The van der Waals surface area contributed by atoms with Crippen molar-refractivity contribution >= 4 is 29.3 Å². The van der Waals surface area contributed by atoms with Gasteiger partial charge in [0.2, 0.25) is 0 Å². The van der Waals surface area contributed by atoms with Gasteiger partial charge < -0.3 is 14.2 Å². The first kappa shape index (κ1) is 24.0. The Bertz CT molecular complexity index is 947. The number of esters is 2. The van der Waals surface area contributed by atoms with E-state index in [0.717, 1.165) is 5.56 Å². The van der Waals surface area contributed by atoms with Crippen molar-refractivity contribution in [2.75, 3.05) is 26.9 Å². The van der Waals surface area contributed by atoms with Crippen LogP contribution in [-0.2, 0) is 36.6 Å². The van der Waals surface area contributed by atoms with Gasteiger partial charge in [0.05, 0.1) is 24.5 Å². The fourth-order valence-electron chi connectivity index (χ4n) is 3.79. The van der Waals surface area contributed by atoms with Crippen LogP contribution in [0.5, 0.6) is 0 Å². The molecule has 0 radical (unpaired) electrons. The smallest absolute Gasteiger partial charge is 0.337 e. The summed E-state index contributed by atoms with van der Waals surface area (Å²) in [4.78, 5) is 37.1. The van der Waals surface area contributed by atoms with Crippen LogP contribution < -0.4 is 0 Å². The molecule has 3 rings (SSSR count). The van der Waals surface area contributed by atoms with Gasteiger partial charge in [0.1, 0.15) is 12.4 Å². The maximum absolute atomic E-state index is 13.2. The third-order valence-corrected chi connectivity index (χ3v) is 6.22. The van der Waals surface area contributed by atoms with Crippen LogP contribution in [0, 0.1) is 5.41 Å². The van der Waals surface area contributed by atoms with Crippen molar-refractivity contribution in [3.63, 3.8) is 0 Å². The number of aryl methyl sites for hydroxylation is 1. The fourth-order valence-corrected chi connectivity index (χ4v) is 4.02. The van der Waals surface area contributed by atoms with Crippen molar-refractivity contribution in [1.82, 2.24) is 0 Å². The van der Waals surface area contributed by atoms with Gasteiger partial charge in [-0.2, -0.15) is 0 Å². The van der Waals surface area contributed by atoms with Gasteiger partial charge in [-0.25, -0.2) is 4.79 Å². The van der Waals surface area contributed by atoms with E-state index >= 15 is 0 Å². The highest BCUT2D eigenvalue weighted by molar-refractivity contribution is 6.31. The molecule has 32 heavy (non-hydrogen) atoms. The minimum atomic E-state index is -0.732. The lowest BCUT2D eigenvalue weighted by atomic mass is 9.75. The molecule has 2 aromatic rings. The molecule has 0 N–H and O–H groups in total. The number of benzene rings is 2. The van der Waals surface area contributed by atoms with E-state index in [0.29, 0.717) is 55.0 Å². The first-order valence-corrected chi connectivity index (χ1v) is 11.0. The molecule has 0 unspecified atom stereocenters. The lowest BCUT2D eigenvalue weighted by Gasteiger charge is -2.35. The molecule has 0 atom stereocenters. The number of ketones is 1. The molecule has 1 heterocycles. The Hall–Kier alpha value is -2.70. The molecular formula is C25H27ClO6. The molecule has 2 aromatic carbocycles. The van der Waals surface area contributed by atoms with Crippen LogP contribution in [0.3, 0.4) is 0 Å². The van der Waals surface area contributed by atoms with Gasteiger partial charge in [0.25, 0.3) is 0 Å². The summed E-state index contributed by atoms with van der Waals surface area (Å²) < 4.78 is 15.7. The van der Waals surface area contributed by atoms with Crippen molar-refractivity contribution in [1.29, 1.82) is 0 Å². The van der Waals surface area contributed by atoms with E-state index in [1.807, 2.05) is 24.3 Å². The predicted octanol–water partition coefficient (Wildman–Crippen LogP) is 4.21. The van der Waals surface area contributed by atoms with Gasteiger partial charge in [-0.15, -0.1) is 0 Å². The summed E-state index contributed by atoms with van der Waals surface area (Å²) in [6.45, 7) is 0.964. The van der Waals surface area contributed by atoms with E-state index in [1.54, 1.807) is 24.3 Å². The van der Waals surface area contributed by atoms with Crippen LogP contribution in [0.1, 0.15) is 40.7 Å². The molecule has 0 amide bonds. The van der Waals surface area contributed by atoms with Crippen LogP contribution in [0.4, 0.5) is 0 Å². The Kier molecular flexibility index (Phi) is 8.42. The number of hydrogen-bond acceptors (Lipinski definition) is 6. The van der Waals surface area contributed by atoms with Gasteiger partial charge >= 0.3 is 11.9 Å². The van der Waals surface area contributed by atoms with E-state index in [4.69, 9.17) is 21.1 Å². The molecule has 0 aliphatic carbocycles. The van der Waals surface area contributed by atoms with Crippen LogP contribution in [0.25, 0.3) is 0 Å². The first-order valence-electron chi connectivity index (χ1n) is 10.6. The monoisotopic (exact) mass is 458 g/mol. The van der Waals surface area contributed by atoms with Crippen molar-refractivity contribution < 1.29 is 28.6 Å². The van der Waals surface area contributed by atoms with Crippen molar-refractivity contribution in [3.05, 3.63) is 70.2 Å². The Morgan fingerprint density at radius 1 is 1.03 bits per heavy atom. The standard InChI is InChI=1S/C25H27ClO6/c1-30-24(29)20-8-6-18(7-9-20)16-23(28)32-17-25(12-14-31-15-13-25)22(27)11-10-19-4-2-3-5-21(19)26/h2-9H,10-17H2,1H3. The lowest BCUT2D eigenvalue weighted by molar-refractivity contribution is -0.154. The Labute approximate surface area is 192 Å². The first-order chi connectivity index (χ1) is 15.4. The van der Waals surface area contributed by atoms with Gasteiger partial charge in [-0.1, -0.05) is 41.9 Å². The van der Waals surface area contributed by atoms with Gasteiger partial charge in [-0.3, -0.25) is 9.59 Å². The molecule has 0 saturated carbocycles. The van der Waals surface area contributed by atoms with E-state index in [1.165, 1.54) is 7.11 Å². The quantitative estimate of drug-likeness (QED) is 0.524. The maximum Gasteiger partial charge on any atom is 0.337 e. The second-order valence-electron chi connectivity index (χ2n) is 7.93. The third-order valence-electron chi connectivity index (χ3n) is 5.85. The summed E-state index contributed by atoms with van der Waals surface area (Å²) >= 11 is 6.22. The zero-order chi connectivity index (χ0) is 23.0. The van der Waals surface area contributed by atoms with Gasteiger partial charge in [0, 0.05) is 24.7 Å². The van der Waals surface area contributed by atoms with E-state index < -0.39 is 17.4 Å². The summed E-state index contributed by atoms with van der Waals surface area (Å²) in [7, 11) is 1.31. The molecule has 1 aliphatic heterocycles. The highest BCUT2D eigenvalue weighted by Crippen LogP contribution is 2.34. The number of halogens is 1. The average Bonchev–Trinajstić information content (AvgIpc) is 2.82. The van der Waals surface area contributed by atoms with E-state index in [-0.39, 0.29) is 18.8 Å². The molecule has 170 valence electrons. The Morgan fingerprint density at radius 3 is 2.38 bits per heavy atom. The molecule has 1 aliphatic rings. The van der Waals surface area contributed by atoms with Crippen molar-refractivity contribution in [2.45, 2.75) is 32.1 Å². The SMILES string of the molecule is COC(=O)c1ccc(CC(=O)OCC2(C(=O)CCc3ccccc3Cl)CCOCC2)cc1. The number of hydrogen-bond donors (Lipinski definition) is 0. The number of Topliss-reactive ketones (excluding diaryl/α,β-unsaturated/α-hetero) is 1. The summed E-state index contributed by atoms with van der Waals surface area (Å²) in [5.74, 6) is -0.785. The minimum absolute atomic E-state index is 0.0385. The molecule has 0 spiro atoms. The summed E-state index contributed by atoms with van der Waals surface area (Å²) in [5.41, 5.74) is 1.32. The number of carbonyl (C=O) groups is 3. The molecular weight excluding hydrogens is 432 g/mol. The fraction of sp³-hybridized carbons (Fsp3) is 0.400. The highest BCUT2D eigenvalue weighted by Gasteiger charge is 2.40. The number of methoxy groups -OCH3 is 1. The van der Waals surface area contributed by atoms with Gasteiger partial charge in [0.15, 0.2) is 0 Å². The van der Waals surface area contributed by atoms with Crippen LogP contribution in [0.2, 0.25) is 5.02 Å². The normalized spacial score (nSPS) is 15.1. The summed E-state index contributed by atoms with van der Waals surface area (Å²) in [6, 6.07) is 14.1. The maximum atomic E-state index is 13.2. The highest BCUT2D eigenvalue weighted by atomic mass is 35.5. The molecule has 7 heteroatoms. The topological polar surface area (TPSA) is 78.9 Å². The number of rotatable bonds is 9. The van der Waals surface area contributed by atoms with E-state index in [2.05, 4.69) is 4.74 Å². The zero-order valence-electron chi connectivity index (χ0n) is 18.1. The van der Waals surface area contributed by atoms with Crippen molar-refractivity contribution in [3.8, 4) is 0 Å². The Morgan fingerprint density at radius 2 is 1.72 bits per heavy atom. The van der Waals surface area contributed by atoms with Gasteiger partial charge in [-0.05, 0) is 48.6 Å². The zero-order valence-corrected chi connectivity index (χ0v) is 18.9. The van der Waals surface area contributed by atoms with Crippen molar-refractivity contribution in [2.24, 2.45) is 5.41 Å². The molecule has 1 saturated heterocycles. The largest absolute Gasteiger partial charge is 0.465 e. The molecule has 6 nitrogen and oxygen atoms in total. The molecule has 0 bridgehead atoms. The minimum Gasteiger partial charge on any atom is -0.465 e. The number of ether oxygens (including phenoxy) is 3. The molecule has 1 fully saturated rings. The van der Waals surface area contributed by atoms with Crippen LogP contribution in [-0.4, -0.2) is 44.7 Å². The number of carbonyl (C=O) groups excluding carboxylic acids is 3. The summed E-state index contributed by atoms with van der Waals surface area (Å²) in [5, 5.41) is 0.644. The predicted molar refractivity (Wildman–Crippen MR) is 120 cm³/mol.